The molecule has 2 aliphatic rings. The summed E-state index contributed by atoms with van der Waals surface area (Å²) in [5.41, 5.74) is 4.11. The van der Waals surface area contributed by atoms with Gasteiger partial charge in [-0.3, -0.25) is 4.90 Å². The Balaban J connectivity index is 1.92. The van der Waals surface area contributed by atoms with E-state index in [1.165, 1.54) is 16.7 Å². The van der Waals surface area contributed by atoms with Crippen LogP contribution in [-0.2, 0) is 6.42 Å². The molecule has 4 rings (SSSR count). The van der Waals surface area contributed by atoms with E-state index in [1.54, 1.807) is 7.11 Å². The summed E-state index contributed by atoms with van der Waals surface area (Å²) in [6.45, 7) is 1.81. The molecule has 2 atom stereocenters. The topological polar surface area (TPSA) is 21.7 Å². The quantitative estimate of drug-likeness (QED) is 0.807. The highest BCUT2D eigenvalue weighted by atomic mass is 16.5. The molecule has 0 bridgehead atoms. The Hall–Kier alpha value is -2.00. The third kappa shape index (κ3) is 2.08. The van der Waals surface area contributed by atoms with Gasteiger partial charge in [-0.15, -0.1) is 0 Å². The lowest BCUT2D eigenvalue weighted by Crippen LogP contribution is -2.43. The lowest BCUT2D eigenvalue weighted by molar-refractivity contribution is 0.134. The fraction of sp³-hybridized carbons (Fsp3) is 0.368. The van der Waals surface area contributed by atoms with E-state index in [4.69, 9.17) is 9.47 Å². The summed E-state index contributed by atoms with van der Waals surface area (Å²) in [5.74, 6) is 2.31. The van der Waals surface area contributed by atoms with Gasteiger partial charge in [-0.1, -0.05) is 24.3 Å². The maximum atomic E-state index is 6.02. The molecule has 0 spiro atoms. The van der Waals surface area contributed by atoms with Crippen molar-refractivity contribution in [3.8, 4) is 11.5 Å². The second-order valence-electron chi connectivity index (χ2n) is 6.19. The summed E-state index contributed by atoms with van der Waals surface area (Å²) in [5, 5.41) is 0. The van der Waals surface area contributed by atoms with E-state index in [2.05, 4.69) is 48.3 Å². The van der Waals surface area contributed by atoms with Crippen molar-refractivity contribution in [2.45, 2.75) is 18.4 Å². The summed E-state index contributed by atoms with van der Waals surface area (Å²) in [6, 6.07) is 15.3. The number of benzene rings is 2. The van der Waals surface area contributed by atoms with Crippen molar-refractivity contribution in [2.24, 2.45) is 0 Å². The van der Waals surface area contributed by atoms with Crippen LogP contribution in [0.25, 0.3) is 0 Å². The Bertz CT molecular complexity index is 698. The minimum Gasteiger partial charge on any atom is -0.497 e. The van der Waals surface area contributed by atoms with Crippen LogP contribution < -0.4 is 9.47 Å². The first kappa shape index (κ1) is 13.6. The number of fused-ring (bicyclic) bond motifs is 5. The van der Waals surface area contributed by atoms with Crippen LogP contribution in [0, 0.1) is 0 Å². The SMILES string of the molecule is COc1ccc2c(c1)[C@@H]1c3ccccc3OC[C@H]1N(C)CC2. The van der Waals surface area contributed by atoms with Crippen LogP contribution in [0.15, 0.2) is 42.5 Å². The summed E-state index contributed by atoms with van der Waals surface area (Å²) in [6.07, 6.45) is 1.07. The second kappa shape index (κ2) is 5.33. The molecule has 0 amide bonds. The molecule has 0 aromatic heterocycles. The lowest BCUT2D eigenvalue weighted by Gasteiger charge is -2.37. The van der Waals surface area contributed by atoms with Gasteiger partial charge in [-0.05, 0) is 42.8 Å². The average Bonchev–Trinajstić information content (AvgIpc) is 2.72. The van der Waals surface area contributed by atoms with Crippen LogP contribution in [0.5, 0.6) is 11.5 Å². The van der Waals surface area contributed by atoms with Gasteiger partial charge in [0.2, 0.25) is 0 Å². The van der Waals surface area contributed by atoms with Crippen LogP contribution in [0.4, 0.5) is 0 Å². The summed E-state index contributed by atoms with van der Waals surface area (Å²) in [7, 11) is 3.94. The lowest BCUT2D eigenvalue weighted by atomic mass is 9.81. The Labute approximate surface area is 131 Å². The summed E-state index contributed by atoms with van der Waals surface area (Å²) >= 11 is 0. The highest BCUT2D eigenvalue weighted by molar-refractivity contribution is 5.50. The highest BCUT2D eigenvalue weighted by Gasteiger charge is 2.37. The molecular weight excluding hydrogens is 274 g/mol. The predicted octanol–water partition coefficient (Wildman–Crippen LogP) is 3.08. The number of likely N-dealkylation sites (N-methyl/N-ethyl adjacent to an activating group) is 1. The second-order valence-corrected chi connectivity index (χ2v) is 6.19. The van der Waals surface area contributed by atoms with Gasteiger partial charge in [0.25, 0.3) is 0 Å². The molecule has 2 heterocycles. The average molecular weight is 295 g/mol. The van der Waals surface area contributed by atoms with E-state index < -0.39 is 0 Å². The molecule has 114 valence electrons. The van der Waals surface area contributed by atoms with Crippen molar-refractivity contribution in [1.29, 1.82) is 0 Å². The van der Waals surface area contributed by atoms with E-state index in [0.717, 1.165) is 31.1 Å². The third-order valence-electron chi connectivity index (χ3n) is 5.04. The molecule has 0 saturated heterocycles. The number of nitrogens with zero attached hydrogens (tertiary/aromatic N) is 1. The monoisotopic (exact) mass is 295 g/mol. The van der Waals surface area contributed by atoms with Gasteiger partial charge < -0.3 is 9.47 Å². The molecule has 22 heavy (non-hydrogen) atoms. The zero-order valence-corrected chi connectivity index (χ0v) is 13.1. The number of hydrogen-bond donors (Lipinski definition) is 0. The van der Waals surface area contributed by atoms with Gasteiger partial charge in [0.15, 0.2) is 0 Å². The number of ether oxygens (including phenoxy) is 2. The fourth-order valence-electron chi connectivity index (χ4n) is 3.78. The smallest absolute Gasteiger partial charge is 0.123 e. The third-order valence-corrected chi connectivity index (χ3v) is 5.04. The Kier molecular flexibility index (Phi) is 3.30. The van der Waals surface area contributed by atoms with Crippen molar-refractivity contribution in [1.82, 2.24) is 4.90 Å². The number of rotatable bonds is 1. The van der Waals surface area contributed by atoms with Crippen LogP contribution in [0.1, 0.15) is 22.6 Å². The van der Waals surface area contributed by atoms with E-state index in [0.29, 0.717) is 12.0 Å². The number of para-hydroxylation sites is 1. The normalized spacial score (nSPS) is 23.5. The minimum atomic E-state index is 0.350. The molecule has 0 N–H and O–H groups in total. The van der Waals surface area contributed by atoms with E-state index in [1.807, 2.05) is 6.07 Å². The molecule has 3 heteroatoms. The highest BCUT2D eigenvalue weighted by Crippen LogP contribution is 2.43. The van der Waals surface area contributed by atoms with E-state index in [9.17, 15) is 0 Å². The number of methoxy groups -OCH3 is 1. The van der Waals surface area contributed by atoms with Crippen molar-refractivity contribution in [3.63, 3.8) is 0 Å². The molecule has 0 aliphatic carbocycles. The van der Waals surface area contributed by atoms with Gasteiger partial charge in [0, 0.05) is 18.0 Å². The van der Waals surface area contributed by atoms with Gasteiger partial charge >= 0.3 is 0 Å². The predicted molar refractivity (Wildman–Crippen MR) is 86.9 cm³/mol. The first-order valence-electron chi connectivity index (χ1n) is 7.86. The summed E-state index contributed by atoms with van der Waals surface area (Å²) < 4.78 is 11.5. The standard InChI is InChI=1S/C19H21NO2/c1-20-10-9-13-7-8-14(21-2)11-16(13)19-15-5-3-4-6-18(15)22-12-17(19)20/h3-8,11,17,19H,9-10,12H2,1-2H3/t17-,19+/m1/s1. The van der Waals surface area contributed by atoms with E-state index in [-0.39, 0.29) is 0 Å². The van der Waals surface area contributed by atoms with E-state index >= 15 is 0 Å². The molecule has 0 radical (unpaired) electrons. The molecule has 0 saturated carbocycles. The Morgan fingerprint density at radius 1 is 1.14 bits per heavy atom. The zero-order valence-electron chi connectivity index (χ0n) is 13.1. The van der Waals surface area contributed by atoms with Gasteiger partial charge in [-0.25, -0.2) is 0 Å². The van der Waals surface area contributed by atoms with Crippen LogP contribution in [-0.4, -0.2) is 38.3 Å². The summed E-state index contributed by atoms with van der Waals surface area (Å²) in [4.78, 5) is 2.44. The van der Waals surface area contributed by atoms with Gasteiger partial charge in [0.05, 0.1) is 13.2 Å². The molecule has 2 aromatic carbocycles. The molecule has 0 fully saturated rings. The molecular formula is C19H21NO2. The van der Waals surface area contributed by atoms with Crippen LogP contribution in [0.2, 0.25) is 0 Å². The van der Waals surface area contributed by atoms with Crippen molar-refractivity contribution in [3.05, 3.63) is 59.2 Å². The molecule has 2 aliphatic heterocycles. The van der Waals surface area contributed by atoms with Crippen LogP contribution >= 0.6 is 0 Å². The number of hydrogen-bond acceptors (Lipinski definition) is 3. The van der Waals surface area contributed by atoms with Gasteiger partial charge in [0.1, 0.15) is 18.1 Å². The Morgan fingerprint density at radius 2 is 2.00 bits per heavy atom. The minimum absolute atomic E-state index is 0.350. The molecule has 3 nitrogen and oxygen atoms in total. The van der Waals surface area contributed by atoms with Crippen molar-refractivity contribution < 1.29 is 9.47 Å². The van der Waals surface area contributed by atoms with Gasteiger partial charge in [-0.2, -0.15) is 0 Å². The van der Waals surface area contributed by atoms with Crippen molar-refractivity contribution in [2.75, 3.05) is 27.3 Å². The van der Waals surface area contributed by atoms with Crippen LogP contribution in [0.3, 0.4) is 0 Å². The fourth-order valence-corrected chi connectivity index (χ4v) is 3.78. The largest absolute Gasteiger partial charge is 0.497 e. The zero-order chi connectivity index (χ0) is 15.1. The maximum absolute atomic E-state index is 6.02. The first-order chi connectivity index (χ1) is 10.8. The Morgan fingerprint density at radius 3 is 2.86 bits per heavy atom. The molecule has 0 unspecified atom stereocenters. The maximum Gasteiger partial charge on any atom is 0.123 e. The van der Waals surface area contributed by atoms with Crippen molar-refractivity contribution >= 4 is 0 Å². The first-order valence-corrected chi connectivity index (χ1v) is 7.86. The molecule has 2 aromatic rings.